The van der Waals surface area contributed by atoms with E-state index in [0.717, 1.165) is 71.1 Å². The molecule has 1 unspecified atom stereocenters. The van der Waals surface area contributed by atoms with Crippen molar-refractivity contribution in [1.29, 1.82) is 0 Å². The van der Waals surface area contributed by atoms with E-state index in [9.17, 15) is 0 Å². The molecule has 4 aliphatic rings. The Morgan fingerprint density at radius 3 is 2.27 bits per heavy atom. The zero-order valence-corrected chi connectivity index (χ0v) is 29.9. The smallest absolute Gasteiger partial charge is 0.140 e. The summed E-state index contributed by atoms with van der Waals surface area (Å²) in [6, 6.07) is 0.835. The largest absolute Gasteiger partial charge is 0.302 e. The summed E-state index contributed by atoms with van der Waals surface area (Å²) in [5.74, 6) is 1.71. The van der Waals surface area contributed by atoms with E-state index in [4.69, 9.17) is 4.99 Å². The van der Waals surface area contributed by atoms with Gasteiger partial charge in [0.1, 0.15) is 5.84 Å². The number of allylic oxidation sites excluding steroid dienone is 8. The van der Waals surface area contributed by atoms with Crippen molar-refractivity contribution >= 4 is 11.5 Å². The summed E-state index contributed by atoms with van der Waals surface area (Å²) in [7, 11) is 1.80. The Kier molecular flexibility index (Phi) is 15.8. The molecule has 0 aromatic rings. The van der Waals surface area contributed by atoms with Crippen LogP contribution in [0, 0.1) is 5.92 Å². The van der Waals surface area contributed by atoms with Gasteiger partial charge in [-0.25, -0.2) is 4.99 Å². The van der Waals surface area contributed by atoms with E-state index < -0.39 is 0 Å². The van der Waals surface area contributed by atoms with Gasteiger partial charge in [0.2, 0.25) is 0 Å². The first-order valence-electron chi connectivity index (χ1n) is 17.1. The Bertz CT molecular complexity index is 1250. The molecule has 0 bridgehead atoms. The van der Waals surface area contributed by atoms with Crippen molar-refractivity contribution in [2.75, 3.05) is 20.1 Å². The van der Waals surface area contributed by atoms with Crippen LogP contribution in [0.1, 0.15) is 114 Å². The molecule has 242 valence electrons. The topological polar surface area (TPSA) is 31.2 Å². The van der Waals surface area contributed by atoms with Crippen molar-refractivity contribution in [2.45, 2.75) is 120 Å². The van der Waals surface area contributed by atoms with Gasteiger partial charge in [-0.1, -0.05) is 90.3 Å². The molecule has 3 heterocycles. The lowest BCUT2D eigenvalue weighted by molar-refractivity contribution is 0.285. The monoisotopic (exact) mass is 598 g/mol. The van der Waals surface area contributed by atoms with Crippen molar-refractivity contribution in [2.24, 2.45) is 15.9 Å². The van der Waals surface area contributed by atoms with Crippen LogP contribution in [-0.2, 0) is 0 Å². The highest BCUT2D eigenvalue weighted by molar-refractivity contribution is 6.13. The molecule has 3 aliphatic heterocycles. The Hall–Kier alpha value is -2.98. The van der Waals surface area contributed by atoms with Crippen LogP contribution in [0.4, 0.5) is 0 Å². The molecule has 0 aromatic heterocycles. The summed E-state index contributed by atoms with van der Waals surface area (Å²) in [5, 5.41) is 0. The predicted molar refractivity (Wildman–Crippen MR) is 196 cm³/mol. The van der Waals surface area contributed by atoms with Gasteiger partial charge in [0.15, 0.2) is 0 Å². The fraction of sp³-hybridized carbons (Fsp3) is 0.550. The third kappa shape index (κ3) is 11.2. The third-order valence-electron chi connectivity index (χ3n) is 8.91. The number of unbranched alkanes of at least 4 members (excludes halogenated alkanes) is 2. The van der Waals surface area contributed by atoms with E-state index in [0.29, 0.717) is 0 Å². The van der Waals surface area contributed by atoms with Crippen LogP contribution in [0.25, 0.3) is 0 Å². The molecule has 0 amide bonds. The lowest BCUT2D eigenvalue weighted by atomic mass is 9.94. The van der Waals surface area contributed by atoms with Crippen molar-refractivity contribution in [3.05, 3.63) is 94.6 Å². The molecule has 1 atom stereocenters. The molecule has 4 nitrogen and oxygen atoms in total. The molecule has 1 saturated carbocycles. The highest BCUT2D eigenvalue weighted by Crippen LogP contribution is 2.34. The summed E-state index contributed by atoms with van der Waals surface area (Å²) in [5.41, 5.74) is 10.2. The summed E-state index contributed by atoms with van der Waals surface area (Å²) < 4.78 is 0. The molecule has 0 N–H and O–H groups in total. The van der Waals surface area contributed by atoms with Crippen LogP contribution < -0.4 is 0 Å². The number of rotatable bonds is 10. The van der Waals surface area contributed by atoms with Gasteiger partial charge in [0.05, 0.1) is 11.4 Å². The summed E-state index contributed by atoms with van der Waals surface area (Å²) in [4.78, 5) is 14.1. The van der Waals surface area contributed by atoms with E-state index in [2.05, 4.69) is 101 Å². The van der Waals surface area contributed by atoms with Crippen molar-refractivity contribution in [3.8, 4) is 0 Å². The van der Waals surface area contributed by atoms with E-state index in [-0.39, 0.29) is 0 Å². The predicted octanol–water partition coefficient (Wildman–Crippen LogP) is 10.9. The molecular formula is C40H62N4. The highest BCUT2D eigenvalue weighted by Gasteiger charge is 2.31. The Labute approximate surface area is 271 Å². The van der Waals surface area contributed by atoms with Crippen LogP contribution in [0.2, 0.25) is 0 Å². The third-order valence-corrected chi connectivity index (χ3v) is 8.91. The molecule has 1 aliphatic carbocycles. The van der Waals surface area contributed by atoms with E-state index >= 15 is 0 Å². The average Bonchev–Trinajstić information content (AvgIpc) is 3.88. The summed E-state index contributed by atoms with van der Waals surface area (Å²) in [6.07, 6.45) is 23.6. The SMILES string of the molecule is C=C(C)/C(C)=C/C(=NC)C1=CC(=C)N2C=C(C3=CCN(C4CC4)CC3)C=C(C)C2=N1.CCC/C=C(/C)C(C)CC.CCCC. The second-order valence-corrected chi connectivity index (χ2v) is 12.7. The number of nitrogens with zero attached hydrogens (tertiary/aromatic N) is 4. The second-order valence-electron chi connectivity index (χ2n) is 12.7. The lowest BCUT2D eigenvalue weighted by Gasteiger charge is -2.33. The minimum atomic E-state index is 0.784. The standard InChI is InChI=1S/C26H32N4.C10H20.C4H10/c1-17(2)18(3)14-24(27-6)25-15-20(5)30-16-22(13-19(4)26(30)28-25)21-9-11-29(12-10-21)23-7-8-23;1-5-7-8-10(4)9(3)6-2;1-3-4-2/h9,13-16,23H,1,5,7-8,10-12H2,2-4,6H3;8-9H,5-7H2,1-4H3;3-4H2,1-2H3/b18-14+,27-24?;10-8-;. The van der Waals surface area contributed by atoms with E-state index in [1.807, 2.05) is 26.0 Å². The van der Waals surface area contributed by atoms with Gasteiger partial charge >= 0.3 is 0 Å². The average molecular weight is 599 g/mol. The van der Waals surface area contributed by atoms with E-state index in [1.165, 1.54) is 56.1 Å². The quantitative estimate of drug-likeness (QED) is 0.142. The first-order chi connectivity index (χ1) is 21.0. The number of aliphatic imine (C=N–C) groups is 2. The second kappa shape index (κ2) is 18.7. The summed E-state index contributed by atoms with van der Waals surface area (Å²) in [6.45, 7) is 30.1. The molecule has 0 radical (unpaired) electrons. The molecular weight excluding hydrogens is 536 g/mol. The van der Waals surface area contributed by atoms with Crippen LogP contribution >= 0.6 is 0 Å². The first-order valence-corrected chi connectivity index (χ1v) is 17.1. The molecule has 44 heavy (non-hydrogen) atoms. The molecule has 0 aromatic carbocycles. The summed E-state index contributed by atoms with van der Waals surface area (Å²) >= 11 is 0. The minimum absolute atomic E-state index is 0.784. The molecule has 4 heteroatoms. The Morgan fingerprint density at radius 1 is 1.09 bits per heavy atom. The van der Waals surface area contributed by atoms with Gasteiger partial charge in [-0.05, 0) is 106 Å². The molecule has 0 saturated heterocycles. The van der Waals surface area contributed by atoms with Gasteiger partial charge < -0.3 is 4.90 Å². The zero-order chi connectivity index (χ0) is 32.8. The lowest BCUT2D eigenvalue weighted by Crippen LogP contribution is -2.33. The molecule has 0 spiro atoms. The highest BCUT2D eigenvalue weighted by atomic mass is 15.2. The fourth-order valence-corrected chi connectivity index (χ4v) is 4.96. The number of hydrogen-bond acceptors (Lipinski definition) is 4. The minimum Gasteiger partial charge on any atom is -0.302 e. The van der Waals surface area contributed by atoms with E-state index in [1.54, 1.807) is 12.6 Å². The van der Waals surface area contributed by atoms with Gasteiger partial charge in [-0.3, -0.25) is 9.89 Å². The van der Waals surface area contributed by atoms with Crippen LogP contribution in [0.3, 0.4) is 0 Å². The normalized spacial score (nSPS) is 20.0. The maximum absolute atomic E-state index is 4.94. The van der Waals surface area contributed by atoms with Gasteiger partial charge in [-0.15, -0.1) is 0 Å². The fourth-order valence-electron chi connectivity index (χ4n) is 4.96. The number of amidine groups is 1. The van der Waals surface area contributed by atoms with Crippen molar-refractivity contribution in [1.82, 2.24) is 9.80 Å². The van der Waals surface area contributed by atoms with Gasteiger partial charge in [0, 0.05) is 38.1 Å². The maximum atomic E-state index is 4.94. The van der Waals surface area contributed by atoms with Crippen LogP contribution in [0.5, 0.6) is 0 Å². The van der Waals surface area contributed by atoms with Crippen LogP contribution in [0.15, 0.2) is 105 Å². The van der Waals surface area contributed by atoms with Crippen molar-refractivity contribution in [3.63, 3.8) is 0 Å². The van der Waals surface area contributed by atoms with Gasteiger partial charge in [-0.2, -0.15) is 0 Å². The van der Waals surface area contributed by atoms with Gasteiger partial charge in [0.25, 0.3) is 0 Å². The zero-order valence-electron chi connectivity index (χ0n) is 29.9. The maximum Gasteiger partial charge on any atom is 0.140 e. The number of fused-ring (bicyclic) bond motifs is 1. The molecule has 1 fully saturated rings. The number of hydrogen-bond donors (Lipinski definition) is 0. The Balaban J connectivity index is 0.000000405. The van der Waals surface area contributed by atoms with Crippen molar-refractivity contribution < 1.29 is 0 Å². The first kappa shape index (κ1) is 37.2. The molecule has 4 rings (SSSR count). The Morgan fingerprint density at radius 2 is 1.77 bits per heavy atom. The van der Waals surface area contributed by atoms with Crippen LogP contribution in [-0.4, -0.2) is 47.5 Å².